The topological polar surface area (TPSA) is 43.8 Å². The van der Waals surface area contributed by atoms with E-state index in [4.69, 9.17) is 5.73 Å². The van der Waals surface area contributed by atoms with E-state index in [1.54, 1.807) is 18.5 Å². The fourth-order valence-electron chi connectivity index (χ4n) is 1.67. The molecule has 1 aromatic carbocycles. The lowest BCUT2D eigenvalue weighted by atomic mass is 10.0. The van der Waals surface area contributed by atoms with Gasteiger partial charge < -0.3 is 10.3 Å². The Labute approximate surface area is 108 Å². The highest BCUT2D eigenvalue weighted by atomic mass is 79.9. The molecule has 0 spiro atoms. The third-order valence-corrected chi connectivity index (χ3v) is 3.05. The van der Waals surface area contributed by atoms with Crippen LogP contribution in [0.2, 0.25) is 0 Å². The smallest absolute Gasteiger partial charge is 0.126 e. The van der Waals surface area contributed by atoms with E-state index >= 15 is 0 Å². The first-order chi connectivity index (χ1) is 8.06. The van der Waals surface area contributed by atoms with Gasteiger partial charge in [-0.2, -0.15) is 0 Å². The molecule has 0 aliphatic heterocycles. The van der Waals surface area contributed by atoms with Crippen LogP contribution in [0, 0.1) is 5.82 Å². The average Bonchev–Trinajstić information content (AvgIpc) is 2.70. The number of benzene rings is 1. The summed E-state index contributed by atoms with van der Waals surface area (Å²) in [6.07, 6.45) is 3.97. The fraction of sp³-hybridized carbons (Fsp3) is 0.250. The Hall–Kier alpha value is -1.20. The molecular formula is C12H13BrFN3. The van der Waals surface area contributed by atoms with Crippen LogP contribution in [0.1, 0.15) is 17.3 Å². The molecule has 90 valence electrons. The van der Waals surface area contributed by atoms with Crippen molar-refractivity contribution in [1.82, 2.24) is 9.55 Å². The highest BCUT2D eigenvalue weighted by Gasteiger charge is 2.12. The minimum Gasteiger partial charge on any atom is -0.340 e. The molecule has 0 aliphatic rings. The lowest BCUT2D eigenvalue weighted by Gasteiger charge is -2.10. The van der Waals surface area contributed by atoms with Crippen molar-refractivity contribution in [2.24, 2.45) is 12.8 Å². The van der Waals surface area contributed by atoms with Crippen LogP contribution >= 0.6 is 15.9 Å². The maximum Gasteiger partial charge on any atom is 0.126 e. The number of aromatic nitrogens is 2. The van der Waals surface area contributed by atoms with Crippen molar-refractivity contribution < 1.29 is 4.39 Å². The molecule has 5 heteroatoms. The molecule has 3 nitrogen and oxygen atoms in total. The number of hydrogen-bond donors (Lipinski definition) is 1. The Morgan fingerprint density at radius 2 is 2.29 bits per heavy atom. The molecule has 2 rings (SSSR count). The SMILES string of the molecule is Cn1cnc(C(N)Cc2cc(Br)ccc2F)c1. The molecule has 0 fully saturated rings. The standard InChI is InChI=1S/C12H13BrFN3/c1-17-6-12(16-7-17)11(15)5-8-4-9(13)2-3-10(8)14/h2-4,6-7,11H,5,15H2,1H3. The van der Waals surface area contributed by atoms with Gasteiger partial charge in [0, 0.05) is 17.7 Å². The van der Waals surface area contributed by atoms with E-state index in [1.807, 2.05) is 17.8 Å². The summed E-state index contributed by atoms with van der Waals surface area (Å²) >= 11 is 3.32. The number of halogens is 2. The van der Waals surface area contributed by atoms with Crippen LogP contribution in [0.25, 0.3) is 0 Å². The second-order valence-corrected chi connectivity index (χ2v) is 4.93. The van der Waals surface area contributed by atoms with E-state index in [0.717, 1.165) is 10.2 Å². The summed E-state index contributed by atoms with van der Waals surface area (Å²) in [4.78, 5) is 4.17. The molecule has 2 N–H and O–H groups in total. The van der Waals surface area contributed by atoms with Gasteiger partial charge >= 0.3 is 0 Å². The summed E-state index contributed by atoms with van der Waals surface area (Å²) in [5.74, 6) is -0.236. The van der Waals surface area contributed by atoms with Crippen molar-refractivity contribution >= 4 is 15.9 Å². The van der Waals surface area contributed by atoms with Crippen LogP contribution in [0.5, 0.6) is 0 Å². The molecule has 0 amide bonds. The van der Waals surface area contributed by atoms with Gasteiger partial charge in [-0.05, 0) is 30.2 Å². The summed E-state index contributed by atoms with van der Waals surface area (Å²) in [6, 6.07) is 4.56. The molecule has 1 unspecified atom stereocenters. The summed E-state index contributed by atoms with van der Waals surface area (Å²) in [7, 11) is 1.88. The van der Waals surface area contributed by atoms with Gasteiger partial charge in [-0.1, -0.05) is 15.9 Å². The molecular weight excluding hydrogens is 285 g/mol. The molecule has 0 aliphatic carbocycles. The van der Waals surface area contributed by atoms with Gasteiger partial charge in [-0.3, -0.25) is 0 Å². The van der Waals surface area contributed by atoms with Crippen LogP contribution in [0.4, 0.5) is 4.39 Å². The number of hydrogen-bond acceptors (Lipinski definition) is 2. The first-order valence-electron chi connectivity index (χ1n) is 5.23. The van der Waals surface area contributed by atoms with Crippen LogP contribution in [0.3, 0.4) is 0 Å². The van der Waals surface area contributed by atoms with Crippen LogP contribution in [-0.4, -0.2) is 9.55 Å². The summed E-state index contributed by atoms with van der Waals surface area (Å²) < 4.78 is 16.2. The van der Waals surface area contributed by atoms with Crippen molar-refractivity contribution in [3.8, 4) is 0 Å². The van der Waals surface area contributed by atoms with Crippen molar-refractivity contribution in [3.63, 3.8) is 0 Å². The number of aryl methyl sites for hydroxylation is 1. The first-order valence-corrected chi connectivity index (χ1v) is 6.03. The second kappa shape index (κ2) is 4.98. The normalized spacial score (nSPS) is 12.7. The zero-order valence-corrected chi connectivity index (χ0v) is 11.0. The van der Waals surface area contributed by atoms with E-state index in [0.29, 0.717) is 12.0 Å². The summed E-state index contributed by atoms with van der Waals surface area (Å²) in [6.45, 7) is 0. The van der Waals surface area contributed by atoms with Crippen LogP contribution < -0.4 is 5.73 Å². The van der Waals surface area contributed by atoms with Gasteiger partial charge in [0.1, 0.15) is 5.82 Å². The number of nitrogens with two attached hydrogens (primary N) is 1. The van der Waals surface area contributed by atoms with Gasteiger partial charge in [0.15, 0.2) is 0 Å². The van der Waals surface area contributed by atoms with Crippen LogP contribution in [0.15, 0.2) is 35.2 Å². The molecule has 1 heterocycles. The average molecular weight is 298 g/mol. The minimum atomic E-state index is -0.292. The molecule has 17 heavy (non-hydrogen) atoms. The zero-order chi connectivity index (χ0) is 12.4. The highest BCUT2D eigenvalue weighted by Crippen LogP contribution is 2.20. The lowest BCUT2D eigenvalue weighted by molar-refractivity contribution is 0.590. The van der Waals surface area contributed by atoms with Gasteiger partial charge in [-0.25, -0.2) is 9.37 Å². The van der Waals surface area contributed by atoms with Crippen molar-refractivity contribution in [1.29, 1.82) is 0 Å². The predicted octanol–water partition coefficient (Wildman–Crippen LogP) is 2.56. The maximum absolute atomic E-state index is 13.5. The van der Waals surface area contributed by atoms with Crippen molar-refractivity contribution in [2.75, 3.05) is 0 Å². The third kappa shape index (κ3) is 2.92. The van der Waals surface area contributed by atoms with Gasteiger partial charge in [0.25, 0.3) is 0 Å². The number of rotatable bonds is 3. The predicted molar refractivity (Wildman–Crippen MR) is 67.9 cm³/mol. The van der Waals surface area contributed by atoms with Crippen molar-refractivity contribution in [3.05, 3.63) is 52.3 Å². The molecule has 1 atom stereocenters. The molecule has 0 saturated heterocycles. The van der Waals surface area contributed by atoms with E-state index < -0.39 is 0 Å². The molecule has 2 aromatic rings. The van der Waals surface area contributed by atoms with E-state index in [2.05, 4.69) is 20.9 Å². The van der Waals surface area contributed by atoms with E-state index in [1.165, 1.54) is 6.07 Å². The van der Waals surface area contributed by atoms with Crippen molar-refractivity contribution in [2.45, 2.75) is 12.5 Å². The molecule has 0 bridgehead atoms. The van der Waals surface area contributed by atoms with E-state index in [9.17, 15) is 4.39 Å². The molecule has 0 saturated carbocycles. The Morgan fingerprint density at radius 1 is 1.53 bits per heavy atom. The summed E-state index contributed by atoms with van der Waals surface area (Å²) in [5, 5.41) is 0. The quantitative estimate of drug-likeness (QED) is 0.946. The Balaban J connectivity index is 2.18. The van der Waals surface area contributed by atoms with Gasteiger partial charge in [0.2, 0.25) is 0 Å². The Bertz CT molecular complexity index is 524. The van der Waals surface area contributed by atoms with Gasteiger partial charge in [-0.15, -0.1) is 0 Å². The Kier molecular flexibility index (Phi) is 3.59. The Morgan fingerprint density at radius 3 is 2.94 bits per heavy atom. The van der Waals surface area contributed by atoms with Crippen LogP contribution in [-0.2, 0) is 13.5 Å². The summed E-state index contributed by atoms with van der Waals surface area (Å²) in [5.41, 5.74) is 7.37. The second-order valence-electron chi connectivity index (χ2n) is 4.01. The monoisotopic (exact) mass is 297 g/mol. The number of imidazole rings is 1. The lowest BCUT2D eigenvalue weighted by Crippen LogP contribution is -2.14. The van der Waals surface area contributed by atoms with Gasteiger partial charge in [0.05, 0.1) is 18.1 Å². The third-order valence-electron chi connectivity index (χ3n) is 2.55. The first kappa shape index (κ1) is 12.3. The van der Waals surface area contributed by atoms with E-state index in [-0.39, 0.29) is 11.9 Å². The zero-order valence-electron chi connectivity index (χ0n) is 9.40. The molecule has 0 radical (unpaired) electrons. The maximum atomic E-state index is 13.5. The number of nitrogens with zero attached hydrogens (tertiary/aromatic N) is 2. The molecule has 1 aromatic heterocycles. The largest absolute Gasteiger partial charge is 0.340 e. The highest BCUT2D eigenvalue weighted by molar-refractivity contribution is 9.10. The minimum absolute atomic E-state index is 0.236. The fourth-order valence-corrected chi connectivity index (χ4v) is 2.07.